The number of likely N-dealkylation sites (tertiary alicyclic amines) is 1. The number of aromatic nitrogens is 2. The molecule has 2 aromatic rings. The van der Waals surface area contributed by atoms with Crippen LogP contribution < -0.4 is 11.0 Å². The fourth-order valence-electron chi connectivity index (χ4n) is 3.45. The second-order valence-electron chi connectivity index (χ2n) is 7.37. The summed E-state index contributed by atoms with van der Waals surface area (Å²) < 4.78 is 39.5. The first-order chi connectivity index (χ1) is 14.6. The second-order valence-corrected chi connectivity index (χ2v) is 7.76. The van der Waals surface area contributed by atoms with Crippen LogP contribution in [0.2, 0.25) is 0 Å². The largest absolute Gasteiger partial charge is 0.416 e. The van der Waals surface area contributed by atoms with Gasteiger partial charge in [0.2, 0.25) is 0 Å². The maximum absolute atomic E-state index is 12.9. The van der Waals surface area contributed by atoms with Gasteiger partial charge in [-0.15, -0.1) is 0 Å². The summed E-state index contributed by atoms with van der Waals surface area (Å²) in [7, 11) is 0. The summed E-state index contributed by atoms with van der Waals surface area (Å²) in [5.74, 6) is 0.0513. The van der Waals surface area contributed by atoms with Crippen molar-refractivity contribution in [1.29, 1.82) is 0 Å². The molecule has 1 fully saturated rings. The molecule has 0 atom stereocenters. The number of H-pyrrole nitrogens is 1. The third kappa shape index (κ3) is 5.04. The molecule has 11 heteroatoms. The molecule has 0 saturated carbocycles. The van der Waals surface area contributed by atoms with Crippen LogP contribution in [-0.4, -0.2) is 44.9 Å². The molecular weight excluding hydrogens is 431 g/mol. The summed E-state index contributed by atoms with van der Waals surface area (Å²) >= 11 is 5.34. The van der Waals surface area contributed by atoms with Crippen LogP contribution in [0.4, 0.5) is 13.2 Å². The third-order valence-electron chi connectivity index (χ3n) is 5.22. The Balaban J connectivity index is 1.76. The van der Waals surface area contributed by atoms with E-state index in [4.69, 9.17) is 12.2 Å². The molecule has 7 nitrogen and oxygen atoms in total. The Morgan fingerprint density at radius 1 is 1.26 bits per heavy atom. The number of nitrogens with one attached hydrogen (secondary N) is 2. The second kappa shape index (κ2) is 9.04. The Morgan fingerprint density at radius 2 is 1.87 bits per heavy atom. The standard InChI is InChI=1S/C20H22F3N5O2S/c1-12(24-25-19(31)27-9-7-14(11-29)8-10-27)17-13(2)26-28(18(17)30)16-5-3-15(4-6-16)20(21,22)23/h3-6,11,14,26H,7-10H2,1-2H3,(H,25,31). The van der Waals surface area contributed by atoms with Gasteiger partial charge in [0.15, 0.2) is 5.11 Å². The molecule has 1 aromatic carbocycles. The van der Waals surface area contributed by atoms with E-state index in [-0.39, 0.29) is 11.6 Å². The van der Waals surface area contributed by atoms with Crippen LogP contribution in [0.3, 0.4) is 0 Å². The van der Waals surface area contributed by atoms with Crippen LogP contribution in [0, 0.1) is 12.8 Å². The number of halogens is 3. The van der Waals surface area contributed by atoms with Crippen molar-refractivity contribution in [1.82, 2.24) is 20.1 Å². The minimum atomic E-state index is -4.45. The van der Waals surface area contributed by atoms with Crippen LogP contribution in [0.1, 0.15) is 36.6 Å². The molecule has 1 aliphatic rings. The van der Waals surface area contributed by atoms with E-state index < -0.39 is 17.3 Å². The number of carbonyl (C=O) groups is 1. The van der Waals surface area contributed by atoms with Crippen molar-refractivity contribution in [3.8, 4) is 5.69 Å². The van der Waals surface area contributed by atoms with Gasteiger partial charge in [0.25, 0.3) is 5.56 Å². The van der Waals surface area contributed by atoms with E-state index in [1.807, 2.05) is 4.90 Å². The molecule has 0 radical (unpaired) electrons. The van der Waals surface area contributed by atoms with E-state index in [0.29, 0.717) is 35.2 Å². The molecule has 0 unspecified atom stereocenters. The Bertz CT molecular complexity index is 1050. The van der Waals surface area contributed by atoms with Gasteiger partial charge in [0, 0.05) is 24.7 Å². The Morgan fingerprint density at radius 3 is 2.42 bits per heavy atom. The number of alkyl halides is 3. The number of nitrogens with zero attached hydrogens (tertiary/aromatic N) is 3. The lowest BCUT2D eigenvalue weighted by Gasteiger charge is -2.31. The van der Waals surface area contributed by atoms with E-state index in [9.17, 15) is 22.8 Å². The highest BCUT2D eigenvalue weighted by atomic mass is 32.1. The fraction of sp³-hybridized carbons (Fsp3) is 0.400. The quantitative estimate of drug-likeness (QED) is 0.322. The van der Waals surface area contributed by atoms with E-state index in [1.165, 1.54) is 16.8 Å². The van der Waals surface area contributed by atoms with Gasteiger partial charge in [-0.1, -0.05) is 0 Å². The van der Waals surface area contributed by atoms with Crippen molar-refractivity contribution < 1.29 is 18.0 Å². The maximum atomic E-state index is 12.9. The van der Waals surface area contributed by atoms with Gasteiger partial charge in [-0.05, 0) is 63.2 Å². The number of aldehydes is 1. The first kappa shape index (κ1) is 22.7. The van der Waals surface area contributed by atoms with Crippen LogP contribution in [0.25, 0.3) is 5.69 Å². The van der Waals surface area contributed by atoms with Gasteiger partial charge >= 0.3 is 6.18 Å². The number of hydrogen-bond acceptors (Lipinski definition) is 4. The lowest BCUT2D eigenvalue weighted by atomic mass is 9.99. The van der Waals surface area contributed by atoms with Crippen LogP contribution in [-0.2, 0) is 11.0 Å². The summed E-state index contributed by atoms with van der Waals surface area (Å²) in [5.41, 5.74) is 3.04. The smallest absolute Gasteiger partial charge is 0.348 e. The van der Waals surface area contributed by atoms with Crippen molar-refractivity contribution in [3.63, 3.8) is 0 Å². The highest BCUT2D eigenvalue weighted by Gasteiger charge is 2.30. The first-order valence-electron chi connectivity index (χ1n) is 9.66. The van der Waals surface area contributed by atoms with E-state index in [2.05, 4.69) is 15.6 Å². The summed E-state index contributed by atoms with van der Waals surface area (Å²) in [5, 5.41) is 7.49. The number of benzene rings is 1. The molecule has 1 aliphatic heterocycles. The molecule has 3 rings (SSSR count). The average molecular weight is 453 g/mol. The average Bonchev–Trinajstić information content (AvgIpc) is 3.05. The van der Waals surface area contributed by atoms with Crippen LogP contribution in [0.15, 0.2) is 34.2 Å². The summed E-state index contributed by atoms with van der Waals surface area (Å²) in [6.45, 7) is 4.61. The molecular formula is C20H22F3N5O2S. The highest BCUT2D eigenvalue weighted by Crippen LogP contribution is 2.29. The number of hydrazone groups is 1. The molecule has 2 heterocycles. The van der Waals surface area contributed by atoms with Gasteiger partial charge in [-0.2, -0.15) is 18.3 Å². The molecule has 2 N–H and O–H groups in total. The minimum Gasteiger partial charge on any atom is -0.348 e. The number of aromatic amines is 1. The normalized spacial score (nSPS) is 15.8. The molecule has 0 bridgehead atoms. The lowest BCUT2D eigenvalue weighted by Crippen LogP contribution is -2.43. The number of rotatable bonds is 4. The number of hydrogen-bond donors (Lipinski definition) is 2. The van der Waals surface area contributed by atoms with Gasteiger partial charge in [0.05, 0.1) is 22.5 Å². The number of aryl methyl sites for hydroxylation is 1. The summed E-state index contributed by atoms with van der Waals surface area (Å²) in [6.07, 6.45) is -2.03. The SMILES string of the molecule is CC(=NNC(=S)N1CCC(C=O)CC1)c1c(C)[nH]n(-c2ccc(C(F)(F)F)cc2)c1=O. The molecule has 166 valence electrons. The van der Waals surface area contributed by atoms with Gasteiger partial charge in [0.1, 0.15) is 6.29 Å². The molecule has 0 aliphatic carbocycles. The molecule has 1 saturated heterocycles. The minimum absolute atomic E-state index is 0.0513. The van der Waals surface area contributed by atoms with Gasteiger partial charge in [-0.25, -0.2) is 4.68 Å². The fourth-order valence-corrected chi connectivity index (χ4v) is 3.68. The van der Waals surface area contributed by atoms with E-state index in [0.717, 1.165) is 31.3 Å². The lowest BCUT2D eigenvalue weighted by molar-refractivity contribution is -0.137. The molecule has 0 spiro atoms. The van der Waals surface area contributed by atoms with Crippen LogP contribution in [0.5, 0.6) is 0 Å². The zero-order valence-electron chi connectivity index (χ0n) is 17.0. The number of piperidine rings is 1. The third-order valence-corrected chi connectivity index (χ3v) is 5.57. The van der Waals surface area contributed by atoms with Crippen molar-refractivity contribution in [2.45, 2.75) is 32.9 Å². The molecule has 31 heavy (non-hydrogen) atoms. The Kier molecular flexibility index (Phi) is 6.63. The van der Waals surface area contributed by atoms with E-state index in [1.54, 1.807) is 13.8 Å². The summed E-state index contributed by atoms with van der Waals surface area (Å²) in [6, 6.07) is 4.30. The summed E-state index contributed by atoms with van der Waals surface area (Å²) in [4.78, 5) is 25.6. The van der Waals surface area contributed by atoms with Gasteiger partial charge < -0.3 is 9.69 Å². The zero-order chi connectivity index (χ0) is 22.8. The van der Waals surface area contributed by atoms with Crippen molar-refractivity contribution in [2.75, 3.05) is 13.1 Å². The monoisotopic (exact) mass is 453 g/mol. The first-order valence-corrected chi connectivity index (χ1v) is 10.1. The predicted molar refractivity (Wildman–Crippen MR) is 114 cm³/mol. The Labute approximate surface area is 181 Å². The molecule has 1 aromatic heterocycles. The maximum Gasteiger partial charge on any atom is 0.416 e. The van der Waals surface area contributed by atoms with Crippen LogP contribution >= 0.6 is 12.2 Å². The Hall–Kier alpha value is -2.95. The highest BCUT2D eigenvalue weighted by molar-refractivity contribution is 7.80. The topological polar surface area (TPSA) is 82.5 Å². The van der Waals surface area contributed by atoms with Crippen molar-refractivity contribution in [3.05, 3.63) is 51.4 Å². The number of carbonyl (C=O) groups excluding carboxylic acids is 1. The molecule has 0 amide bonds. The zero-order valence-corrected chi connectivity index (χ0v) is 17.8. The number of thiocarbonyl (C=S) groups is 1. The van der Waals surface area contributed by atoms with Crippen molar-refractivity contribution in [2.24, 2.45) is 11.0 Å². The van der Waals surface area contributed by atoms with Gasteiger partial charge in [-0.3, -0.25) is 15.3 Å². The van der Waals surface area contributed by atoms with E-state index >= 15 is 0 Å². The van der Waals surface area contributed by atoms with Crippen molar-refractivity contribution >= 4 is 29.3 Å². The predicted octanol–water partition coefficient (Wildman–Crippen LogP) is 3.00.